The van der Waals surface area contributed by atoms with Crippen molar-refractivity contribution in [3.8, 4) is 10.6 Å². The number of nitrogens with zero attached hydrogens (tertiary/aromatic N) is 1. The van der Waals surface area contributed by atoms with Gasteiger partial charge in [-0.05, 0) is 31.2 Å². The van der Waals surface area contributed by atoms with E-state index >= 15 is 0 Å². The van der Waals surface area contributed by atoms with Gasteiger partial charge in [0.25, 0.3) is 0 Å². The van der Waals surface area contributed by atoms with Crippen molar-refractivity contribution in [2.24, 2.45) is 0 Å². The minimum absolute atomic E-state index is 0.267. The highest BCUT2D eigenvalue weighted by molar-refractivity contribution is 7.21. The van der Waals surface area contributed by atoms with Gasteiger partial charge in [0.05, 0.1) is 10.2 Å². The van der Waals surface area contributed by atoms with Crippen LogP contribution >= 0.6 is 11.3 Å². The fourth-order valence-corrected chi connectivity index (χ4v) is 2.86. The van der Waals surface area contributed by atoms with Gasteiger partial charge in [-0.1, -0.05) is 11.6 Å². The molecule has 0 radical (unpaired) electrons. The Morgan fingerprint density at radius 3 is 2.83 bits per heavy atom. The predicted molar refractivity (Wildman–Crippen MR) is 74.2 cm³/mol. The summed E-state index contributed by atoms with van der Waals surface area (Å²) in [6.45, 7) is 2.01. The highest BCUT2D eigenvalue weighted by Gasteiger charge is 2.09. The Balaban J connectivity index is 2.22. The summed E-state index contributed by atoms with van der Waals surface area (Å²) in [4.78, 5) is 4.44. The molecular formula is C14H11FN2S. The highest BCUT2D eigenvalue weighted by atomic mass is 32.1. The van der Waals surface area contributed by atoms with Crippen LogP contribution in [0.2, 0.25) is 0 Å². The number of fused-ring (bicyclic) bond motifs is 1. The van der Waals surface area contributed by atoms with Crippen molar-refractivity contribution in [1.82, 2.24) is 4.98 Å². The Morgan fingerprint density at radius 2 is 2.00 bits per heavy atom. The SMILES string of the molecule is Cc1ccc(N)c(-c2nc3cc(F)ccc3s2)c1. The summed E-state index contributed by atoms with van der Waals surface area (Å²) in [7, 11) is 0. The van der Waals surface area contributed by atoms with Gasteiger partial charge in [0.2, 0.25) is 0 Å². The lowest BCUT2D eigenvalue weighted by molar-refractivity contribution is 0.629. The standard InChI is InChI=1S/C14H11FN2S/c1-8-2-4-11(16)10(6-8)14-17-12-7-9(15)3-5-13(12)18-14/h2-7H,16H2,1H3. The van der Waals surface area contributed by atoms with Gasteiger partial charge in [-0.25, -0.2) is 9.37 Å². The van der Waals surface area contributed by atoms with E-state index in [1.807, 2.05) is 25.1 Å². The molecule has 2 nitrogen and oxygen atoms in total. The molecular weight excluding hydrogens is 247 g/mol. The molecule has 0 bridgehead atoms. The Hall–Kier alpha value is -1.94. The molecule has 0 aliphatic carbocycles. The zero-order valence-electron chi connectivity index (χ0n) is 9.77. The van der Waals surface area contributed by atoms with E-state index in [-0.39, 0.29) is 5.82 Å². The van der Waals surface area contributed by atoms with E-state index in [0.717, 1.165) is 20.8 Å². The molecule has 0 unspecified atom stereocenters. The van der Waals surface area contributed by atoms with Crippen molar-refractivity contribution in [3.63, 3.8) is 0 Å². The second-order valence-corrected chi connectivity index (χ2v) is 5.25. The van der Waals surface area contributed by atoms with Crippen LogP contribution in [-0.4, -0.2) is 4.98 Å². The topological polar surface area (TPSA) is 38.9 Å². The average Bonchev–Trinajstić information content (AvgIpc) is 2.74. The summed E-state index contributed by atoms with van der Waals surface area (Å²) in [5.41, 5.74) is 9.38. The van der Waals surface area contributed by atoms with Gasteiger partial charge in [0.15, 0.2) is 0 Å². The molecule has 0 spiro atoms. The first-order chi connectivity index (χ1) is 8.63. The number of aryl methyl sites for hydroxylation is 1. The Kier molecular flexibility index (Phi) is 2.52. The molecule has 2 aromatic carbocycles. The van der Waals surface area contributed by atoms with Crippen molar-refractivity contribution in [1.29, 1.82) is 0 Å². The zero-order valence-corrected chi connectivity index (χ0v) is 10.6. The van der Waals surface area contributed by atoms with Gasteiger partial charge >= 0.3 is 0 Å². The van der Waals surface area contributed by atoms with Crippen molar-refractivity contribution in [3.05, 3.63) is 47.8 Å². The Morgan fingerprint density at radius 1 is 1.17 bits per heavy atom. The van der Waals surface area contributed by atoms with Crippen molar-refractivity contribution >= 4 is 27.2 Å². The first kappa shape index (κ1) is 11.2. The Labute approximate surface area is 108 Å². The number of hydrogen-bond acceptors (Lipinski definition) is 3. The lowest BCUT2D eigenvalue weighted by Crippen LogP contribution is -1.90. The third-order valence-electron chi connectivity index (χ3n) is 2.79. The van der Waals surface area contributed by atoms with Crippen LogP contribution in [0.3, 0.4) is 0 Å². The molecule has 0 saturated heterocycles. The maximum absolute atomic E-state index is 13.1. The van der Waals surface area contributed by atoms with E-state index in [9.17, 15) is 4.39 Å². The number of nitrogens with two attached hydrogens (primary N) is 1. The lowest BCUT2D eigenvalue weighted by Gasteiger charge is -2.02. The van der Waals surface area contributed by atoms with E-state index in [1.165, 1.54) is 23.5 Å². The van der Waals surface area contributed by atoms with E-state index in [4.69, 9.17) is 5.73 Å². The van der Waals surface area contributed by atoms with Crippen LogP contribution in [0.1, 0.15) is 5.56 Å². The molecule has 1 heterocycles. The minimum Gasteiger partial charge on any atom is -0.398 e. The molecule has 0 fully saturated rings. The first-order valence-electron chi connectivity index (χ1n) is 5.56. The van der Waals surface area contributed by atoms with Crippen LogP contribution in [0.15, 0.2) is 36.4 Å². The highest BCUT2D eigenvalue weighted by Crippen LogP contribution is 2.34. The fraction of sp³-hybridized carbons (Fsp3) is 0.0714. The molecule has 3 rings (SSSR count). The number of aromatic nitrogens is 1. The fourth-order valence-electron chi connectivity index (χ4n) is 1.87. The molecule has 90 valence electrons. The summed E-state index contributed by atoms with van der Waals surface area (Å²) in [6.07, 6.45) is 0. The molecule has 0 amide bonds. The quantitative estimate of drug-likeness (QED) is 0.670. The summed E-state index contributed by atoms with van der Waals surface area (Å²) in [6, 6.07) is 10.5. The van der Waals surface area contributed by atoms with E-state index in [2.05, 4.69) is 4.98 Å². The average molecular weight is 258 g/mol. The molecule has 4 heteroatoms. The van der Waals surface area contributed by atoms with Crippen molar-refractivity contribution in [2.45, 2.75) is 6.92 Å². The molecule has 18 heavy (non-hydrogen) atoms. The third kappa shape index (κ3) is 1.84. The molecule has 3 aromatic rings. The van der Waals surface area contributed by atoms with Gasteiger partial charge in [0.1, 0.15) is 10.8 Å². The number of halogens is 1. The van der Waals surface area contributed by atoms with Crippen LogP contribution in [0.25, 0.3) is 20.8 Å². The summed E-state index contributed by atoms with van der Waals surface area (Å²) in [5, 5.41) is 0.830. The van der Waals surface area contributed by atoms with Gasteiger partial charge < -0.3 is 5.73 Å². The predicted octanol–water partition coefficient (Wildman–Crippen LogP) is 3.99. The van der Waals surface area contributed by atoms with Crippen LogP contribution in [0.5, 0.6) is 0 Å². The van der Waals surface area contributed by atoms with Gasteiger partial charge in [-0.3, -0.25) is 0 Å². The number of rotatable bonds is 1. The molecule has 0 atom stereocenters. The van der Waals surface area contributed by atoms with Gasteiger partial charge in [-0.15, -0.1) is 11.3 Å². The number of hydrogen-bond donors (Lipinski definition) is 1. The van der Waals surface area contributed by atoms with Crippen LogP contribution < -0.4 is 5.73 Å². The number of benzene rings is 2. The lowest BCUT2D eigenvalue weighted by atomic mass is 10.1. The van der Waals surface area contributed by atoms with E-state index in [0.29, 0.717) is 11.2 Å². The Bertz CT molecular complexity index is 734. The smallest absolute Gasteiger partial charge is 0.126 e. The van der Waals surface area contributed by atoms with Crippen LogP contribution in [-0.2, 0) is 0 Å². The molecule has 0 aliphatic rings. The van der Waals surface area contributed by atoms with E-state index in [1.54, 1.807) is 6.07 Å². The molecule has 1 aromatic heterocycles. The van der Waals surface area contributed by atoms with Crippen molar-refractivity contribution in [2.75, 3.05) is 5.73 Å². The van der Waals surface area contributed by atoms with Crippen LogP contribution in [0.4, 0.5) is 10.1 Å². The third-order valence-corrected chi connectivity index (χ3v) is 3.86. The second kappa shape index (κ2) is 4.07. The van der Waals surface area contributed by atoms with E-state index < -0.39 is 0 Å². The van der Waals surface area contributed by atoms with Crippen LogP contribution in [0, 0.1) is 12.7 Å². The molecule has 0 saturated carbocycles. The zero-order chi connectivity index (χ0) is 12.7. The minimum atomic E-state index is -0.267. The largest absolute Gasteiger partial charge is 0.398 e. The molecule has 2 N–H and O–H groups in total. The monoisotopic (exact) mass is 258 g/mol. The van der Waals surface area contributed by atoms with Gasteiger partial charge in [-0.2, -0.15) is 0 Å². The molecule has 0 aliphatic heterocycles. The first-order valence-corrected chi connectivity index (χ1v) is 6.38. The summed E-state index contributed by atoms with van der Waals surface area (Å²) >= 11 is 1.52. The van der Waals surface area contributed by atoms with Crippen molar-refractivity contribution < 1.29 is 4.39 Å². The summed E-state index contributed by atoms with van der Waals surface area (Å²) in [5.74, 6) is -0.267. The van der Waals surface area contributed by atoms with Gasteiger partial charge in [0, 0.05) is 17.3 Å². The number of nitrogen functional groups attached to an aromatic ring is 1. The number of anilines is 1. The normalized spacial score (nSPS) is 11.0. The summed E-state index contributed by atoms with van der Waals surface area (Å²) < 4.78 is 14.1. The second-order valence-electron chi connectivity index (χ2n) is 4.22. The maximum atomic E-state index is 13.1. The maximum Gasteiger partial charge on any atom is 0.126 e. The number of thiazole rings is 1.